The van der Waals surface area contributed by atoms with E-state index in [0.717, 1.165) is 40.7 Å². The molecule has 1 aliphatic heterocycles. The number of imidazole rings is 1. The van der Waals surface area contributed by atoms with Gasteiger partial charge in [0, 0.05) is 30.5 Å². The number of rotatable bonds is 4. The maximum atomic E-state index is 5.63. The molecule has 0 aromatic carbocycles. The summed E-state index contributed by atoms with van der Waals surface area (Å²) in [5, 5.41) is 16.6. The fraction of sp³-hybridized carbons (Fsp3) is 0.400. The second-order valence-electron chi connectivity index (χ2n) is 7.64. The van der Waals surface area contributed by atoms with Gasteiger partial charge >= 0.3 is 0 Å². The van der Waals surface area contributed by atoms with Crippen LogP contribution in [0, 0.1) is 0 Å². The Morgan fingerprint density at radius 3 is 2.90 bits per heavy atom. The summed E-state index contributed by atoms with van der Waals surface area (Å²) in [6.45, 7) is 8.61. The van der Waals surface area contributed by atoms with Crippen LogP contribution in [0.2, 0.25) is 0 Å². The van der Waals surface area contributed by atoms with Crippen molar-refractivity contribution >= 4 is 11.3 Å². The van der Waals surface area contributed by atoms with Gasteiger partial charge in [-0.25, -0.2) is 9.50 Å². The molecule has 1 aliphatic rings. The van der Waals surface area contributed by atoms with E-state index in [-0.39, 0.29) is 12.1 Å². The maximum Gasteiger partial charge on any atom is 0.179 e. The number of aromatic amines is 1. The molecule has 150 valence electrons. The Kier molecular flexibility index (Phi) is 4.31. The zero-order valence-electron chi connectivity index (χ0n) is 16.8. The first-order valence-electron chi connectivity index (χ1n) is 9.90. The second kappa shape index (κ2) is 7.00. The van der Waals surface area contributed by atoms with Crippen LogP contribution in [0.5, 0.6) is 0 Å². The number of fused-ring (bicyclic) bond motifs is 1. The number of morpholine rings is 1. The summed E-state index contributed by atoms with van der Waals surface area (Å²) >= 11 is 0. The third-order valence-electron chi connectivity index (χ3n) is 5.33. The number of H-pyrrole nitrogens is 1. The summed E-state index contributed by atoms with van der Waals surface area (Å²) < 4.78 is 9.56. The minimum atomic E-state index is 0.244. The van der Waals surface area contributed by atoms with Crippen LogP contribution in [0.15, 0.2) is 36.8 Å². The smallest absolute Gasteiger partial charge is 0.179 e. The van der Waals surface area contributed by atoms with Crippen molar-refractivity contribution in [2.75, 3.05) is 24.7 Å². The van der Waals surface area contributed by atoms with Gasteiger partial charge in [-0.3, -0.25) is 9.78 Å². The molecular weight excluding hydrogens is 368 g/mol. The molecular formula is C20H24N8O. The topological polar surface area (TPSA) is 89.2 Å². The first-order chi connectivity index (χ1) is 14.1. The normalized spacial score (nSPS) is 17.5. The summed E-state index contributed by atoms with van der Waals surface area (Å²) in [5.74, 6) is 1.63. The van der Waals surface area contributed by atoms with Gasteiger partial charge in [-0.2, -0.15) is 10.2 Å². The van der Waals surface area contributed by atoms with Gasteiger partial charge in [0.15, 0.2) is 11.6 Å². The van der Waals surface area contributed by atoms with Crippen LogP contribution in [-0.4, -0.2) is 60.4 Å². The zero-order chi connectivity index (χ0) is 20.0. The first-order valence-corrected chi connectivity index (χ1v) is 9.90. The SMILES string of the molecule is CC(C)n1nccc1-c1cc(N2CCOC[C@H]2C)nn2c(-c3ccn[nH]3)ncc12. The molecule has 1 atom stereocenters. The van der Waals surface area contributed by atoms with Crippen molar-refractivity contribution in [3.05, 3.63) is 36.8 Å². The molecule has 0 amide bonds. The maximum absolute atomic E-state index is 5.63. The number of hydrogen-bond acceptors (Lipinski definition) is 6. The van der Waals surface area contributed by atoms with E-state index in [1.807, 2.05) is 33.7 Å². The van der Waals surface area contributed by atoms with Crippen molar-refractivity contribution in [2.24, 2.45) is 0 Å². The van der Waals surface area contributed by atoms with Gasteiger partial charge in [-0.1, -0.05) is 0 Å². The molecule has 1 fully saturated rings. The lowest BCUT2D eigenvalue weighted by Gasteiger charge is -2.34. The van der Waals surface area contributed by atoms with Crippen molar-refractivity contribution in [2.45, 2.75) is 32.9 Å². The fourth-order valence-electron chi connectivity index (χ4n) is 3.88. The summed E-state index contributed by atoms with van der Waals surface area (Å²) in [6.07, 6.45) is 5.43. The minimum Gasteiger partial charge on any atom is -0.377 e. The second-order valence-corrected chi connectivity index (χ2v) is 7.64. The molecule has 4 aromatic rings. The molecule has 4 aromatic heterocycles. The standard InChI is InChI=1S/C20H24N8O/c1-13(2)27-17(5-7-23-27)15-10-19(26-8-9-29-12-14(26)3)25-28-18(15)11-21-20(28)16-4-6-22-24-16/h4-7,10-11,13-14H,8-9,12H2,1-3H3,(H,22,24)/t14-/m1/s1. The van der Waals surface area contributed by atoms with Crippen molar-refractivity contribution in [1.29, 1.82) is 0 Å². The van der Waals surface area contributed by atoms with Crippen LogP contribution in [0.25, 0.3) is 28.3 Å². The van der Waals surface area contributed by atoms with E-state index in [9.17, 15) is 0 Å². The summed E-state index contributed by atoms with van der Waals surface area (Å²) in [7, 11) is 0. The molecule has 9 heteroatoms. The largest absolute Gasteiger partial charge is 0.377 e. The minimum absolute atomic E-state index is 0.244. The Labute approximate surface area is 168 Å². The van der Waals surface area contributed by atoms with E-state index in [0.29, 0.717) is 13.2 Å². The van der Waals surface area contributed by atoms with E-state index in [1.165, 1.54) is 0 Å². The molecule has 1 saturated heterocycles. The van der Waals surface area contributed by atoms with Crippen LogP contribution in [0.3, 0.4) is 0 Å². The van der Waals surface area contributed by atoms with Crippen molar-refractivity contribution in [1.82, 2.24) is 34.6 Å². The summed E-state index contributed by atoms with van der Waals surface area (Å²) in [4.78, 5) is 6.94. The van der Waals surface area contributed by atoms with E-state index in [2.05, 4.69) is 52.0 Å². The highest BCUT2D eigenvalue weighted by atomic mass is 16.5. The number of aromatic nitrogens is 7. The predicted molar refractivity (Wildman–Crippen MR) is 110 cm³/mol. The highest BCUT2D eigenvalue weighted by Gasteiger charge is 2.24. The molecule has 5 heterocycles. The van der Waals surface area contributed by atoms with Crippen molar-refractivity contribution in [3.8, 4) is 22.8 Å². The van der Waals surface area contributed by atoms with E-state index < -0.39 is 0 Å². The van der Waals surface area contributed by atoms with Gasteiger partial charge in [0.1, 0.15) is 5.69 Å². The van der Waals surface area contributed by atoms with Gasteiger partial charge in [0.25, 0.3) is 0 Å². The summed E-state index contributed by atoms with van der Waals surface area (Å²) in [5.41, 5.74) is 3.86. The third kappa shape index (κ3) is 2.98. The third-order valence-corrected chi connectivity index (χ3v) is 5.33. The molecule has 0 aliphatic carbocycles. The number of ether oxygens (including phenoxy) is 1. The Bertz CT molecular complexity index is 1130. The van der Waals surface area contributed by atoms with Crippen LogP contribution in [0.4, 0.5) is 5.82 Å². The van der Waals surface area contributed by atoms with Crippen LogP contribution >= 0.6 is 0 Å². The lowest BCUT2D eigenvalue weighted by molar-refractivity contribution is 0.0984. The van der Waals surface area contributed by atoms with Crippen molar-refractivity contribution in [3.63, 3.8) is 0 Å². The van der Waals surface area contributed by atoms with Gasteiger partial charge < -0.3 is 9.64 Å². The lowest BCUT2D eigenvalue weighted by Crippen LogP contribution is -2.44. The average molecular weight is 392 g/mol. The van der Waals surface area contributed by atoms with Crippen molar-refractivity contribution < 1.29 is 4.74 Å². The molecule has 0 saturated carbocycles. The number of anilines is 1. The molecule has 0 radical (unpaired) electrons. The molecule has 1 N–H and O–H groups in total. The van der Waals surface area contributed by atoms with Crippen LogP contribution < -0.4 is 4.90 Å². The van der Waals surface area contributed by atoms with E-state index in [4.69, 9.17) is 9.84 Å². The van der Waals surface area contributed by atoms with E-state index in [1.54, 1.807) is 6.20 Å². The fourth-order valence-corrected chi connectivity index (χ4v) is 3.88. The zero-order valence-corrected chi connectivity index (χ0v) is 16.8. The Hall–Kier alpha value is -3.20. The average Bonchev–Trinajstić information content (AvgIpc) is 3.46. The van der Waals surface area contributed by atoms with Gasteiger partial charge in [-0.05, 0) is 39.0 Å². The van der Waals surface area contributed by atoms with Gasteiger partial charge in [-0.15, -0.1) is 5.10 Å². The van der Waals surface area contributed by atoms with Crippen LogP contribution in [0.1, 0.15) is 26.8 Å². The monoisotopic (exact) mass is 392 g/mol. The van der Waals surface area contributed by atoms with Gasteiger partial charge in [0.05, 0.1) is 36.7 Å². The van der Waals surface area contributed by atoms with Gasteiger partial charge in [0.2, 0.25) is 0 Å². The highest BCUT2D eigenvalue weighted by molar-refractivity contribution is 5.81. The summed E-state index contributed by atoms with van der Waals surface area (Å²) in [6, 6.07) is 6.58. The Morgan fingerprint density at radius 2 is 2.14 bits per heavy atom. The molecule has 0 bridgehead atoms. The molecule has 5 rings (SSSR count). The van der Waals surface area contributed by atoms with E-state index >= 15 is 0 Å². The number of nitrogens with one attached hydrogen (secondary N) is 1. The number of hydrogen-bond donors (Lipinski definition) is 1. The molecule has 29 heavy (non-hydrogen) atoms. The first kappa shape index (κ1) is 17.9. The molecule has 9 nitrogen and oxygen atoms in total. The predicted octanol–water partition coefficient (Wildman–Crippen LogP) is 2.79. The van der Waals surface area contributed by atoms with Crippen LogP contribution in [-0.2, 0) is 4.74 Å². The Morgan fingerprint density at radius 1 is 1.24 bits per heavy atom. The highest BCUT2D eigenvalue weighted by Crippen LogP contribution is 2.32. The molecule has 0 unspecified atom stereocenters. The lowest BCUT2D eigenvalue weighted by atomic mass is 10.1. The quantitative estimate of drug-likeness (QED) is 0.574. The molecule has 0 spiro atoms. The number of nitrogens with zero attached hydrogens (tertiary/aromatic N) is 7. The Balaban J connectivity index is 1.76.